The van der Waals surface area contributed by atoms with E-state index in [-0.39, 0.29) is 6.54 Å². The van der Waals surface area contributed by atoms with Gasteiger partial charge in [-0.25, -0.2) is 8.42 Å². The minimum atomic E-state index is -5.35. The number of halogens is 3. The number of aliphatic hydroxyl groups is 2. The molecule has 1 aromatic carbocycles. The molecule has 108 valence electrons. The summed E-state index contributed by atoms with van der Waals surface area (Å²) in [5, 5.41) is 20.2. The molecule has 9 heteroatoms. The van der Waals surface area contributed by atoms with Crippen LogP contribution < -0.4 is 5.32 Å². The molecule has 0 bridgehead atoms. The zero-order chi connectivity index (χ0) is 14.7. The average Bonchev–Trinajstić information content (AvgIpc) is 2.35. The maximum Gasteiger partial charge on any atom is 0.501 e. The van der Waals surface area contributed by atoms with Gasteiger partial charge in [-0.05, 0) is 24.3 Å². The molecule has 1 aromatic rings. The Hall–Kier alpha value is -1.32. The summed E-state index contributed by atoms with van der Waals surface area (Å²) in [4.78, 5) is -0.853. The highest BCUT2D eigenvalue weighted by Gasteiger charge is 2.46. The van der Waals surface area contributed by atoms with Crippen molar-refractivity contribution in [3.05, 3.63) is 24.3 Å². The van der Waals surface area contributed by atoms with Crippen LogP contribution >= 0.6 is 0 Å². The molecular formula is C10H12F3NO4S. The summed E-state index contributed by atoms with van der Waals surface area (Å²) in [5.41, 5.74) is -5.01. The van der Waals surface area contributed by atoms with Crippen LogP contribution in [0.3, 0.4) is 0 Å². The maximum absolute atomic E-state index is 12.3. The molecule has 3 N–H and O–H groups in total. The third kappa shape index (κ3) is 3.82. The van der Waals surface area contributed by atoms with Crippen LogP contribution in [-0.4, -0.2) is 43.4 Å². The van der Waals surface area contributed by atoms with E-state index in [1.165, 1.54) is 0 Å². The summed E-state index contributed by atoms with van der Waals surface area (Å²) < 4.78 is 58.9. The smallest absolute Gasteiger partial charge is 0.394 e. The minimum absolute atomic E-state index is 0.0120. The van der Waals surface area contributed by atoms with Gasteiger partial charge in [0.25, 0.3) is 9.84 Å². The van der Waals surface area contributed by atoms with E-state index < -0.39 is 33.0 Å². The quantitative estimate of drug-likeness (QED) is 0.747. The second-order valence-electron chi connectivity index (χ2n) is 3.69. The van der Waals surface area contributed by atoms with Crippen molar-refractivity contribution in [1.29, 1.82) is 0 Å². The maximum atomic E-state index is 12.3. The Kier molecular flexibility index (Phi) is 4.77. The molecule has 0 radical (unpaired) electrons. The van der Waals surface area contributed by atoms with Gasteiger partial charge in [0.05, 0.1) is 17.6 Å². The number of aliphatic hydroxyl groups excluding tert-OH is 2. The minimum Gasteiger partial charge on any atom is -0.394 e. The number of anilines is 1. The lowest BCUT2D eigenvalue weighted by Crippen LogP contribution is -2.24. The van der Waals surface area contributed by atoms with Gasteiger partial charge in [0.1, 0.15) is 0 Å². The highest BCUT2D eigenvalue weighted by molar-refractivity contribution is 7.92. The molecule has 0 aliphatic rings. The first-order valence-corrected chi connectivity index (χ1v) is 6.61. The molecular weight excluding hydrogens is 287 g/mol. The van der Waals surface area contributed by atoms with Crippen molar-refractivity contribution in [3.63, 3.8) is 0 Å². The van der Waals surface area contributed by atoms with Crippen molar-refractivity contribution in [1.82, 2.24) is 0 Å². The van der Waals surface area contributed by atoms with Crippen LogP contribution in [0, 0.1) is 0 Å². The van der Waals surface area contributed by atoms with Crippen LogP contribution in [0.4, 0.5) is 18.9 Å². The lowest BCUT2D eigenvalue weighted by molar-refractivity contribution is -0.0436. The van der Waals surface area contributed by atoms with Gasteiger partial charge in [-0.1, -0.05) is 0 Å². The Labute approximate surface area is 107 Å². The molecule has 0 fully saturated rings. The lowest BCUT2D eigenvalue weighted by atomic mass is 10.3. The first-order chi connectivity index (χ1) is 8.68. The fourth-order valence-electron chi connectivity index (χ4n) is 1.19. The van der Waals surface area contributed by atoms with E-state index in [1.54, 1.807) is 0 Å². The van der Waals surface area contributed by atoms with Crippen LogP contribution in [0.15, 0.2) is 29.2 Å². The molecule has 0 aromatic heterocycles. The molecule has 0 aliphatic heterocycles. The summed E-state index contributed by atoms with van der Waals surface area (Å²) in [7, 11) is -5.35. The van der Waals surface area contributed by atoms with Gasteiger partial charge in [0.2, 0.25) is 0 Å². The van der Waals surface area contributed by atoms with Gasteiger partial charge in [-0.2, -0.15) is 13.2 Å². The number of nitrogens with one attached hydrogen (secondary N) is 1. The van der Waals surface area contributed by atoms with Crippen molar-refractivity contribution < 1.29 is 31.8 Å². The van der Waals surface area contributed by atoms with E-state index >= 15 is 0 Å². The monoisotopic (exact) mass is 299 g/mol. The van der Waals surface area contributed by atoms with Crippen LogP contribution in [-0.2, 0) is 9.84 Å². The first-order valence-electron chi connectivity index (χ1n) is 5.12. The van der Waals surface area contributed by atoms with Gasteiger partial charge in [-0.3, -0.25) is 0 Å². The van der Waals surface area contributed by atoms with Crippen molar-refractivity contribution in [2.75, 3.05) is 18.5 Å². The molecule has 19 heavy (non-hydrogen) atoms. The largest absolute Gasteiger partial charge is 0.501 e. The molecule has 0 saturated heterocycles. The van der Waals surface area contributed by atoms with Crippen LogP contribution in [0.5, 0.6) is 0 Å². The Bertz CT molecular complexity index is 513. The number of sulfone groups is 1. The fraction of sp³-hybridized carbons (Fsp3) is 0.400. The first kappa shape index (κ1) is 15.7. The SMILES string of the molecule is O=S(=O)(c1ccc(NCC(O)CO)cc1)C(F)(F)F. The zero-order valence-corrected chi connectivity index (χ0v) is 10.4. The summed E-state index contributed by atoms with van der Waals surface area (Å²) >= 11 is 0. The third-order valence-corrected chi connectivity index (χ3v) is 3.72. The van der Waals surface area contributed by atoms with E-state index in [0.29, 0.717) is 5.69 Å². The van der Waals surface area contributed by atoms with E-state index in [2.05, 4.69) is 5.32 Å². The highest BCUT2D eigenvalue weighted by Crippen LogP contribution is 2.30. The van der Waals surface area contributed by atoms with Crippen LogP contribution in [0.25, 0.3) is 0 Å². The van der Waals surface area contributed by atoms with Gasteiger partial charge in [0, 0.05) is 12.2 Å². The van der Waals surface area contributed by atoms with E-state index in [0.717, 1.165) is 24.3 Å². The molecule has 1 unspecified atom stereocenters. The average molecular weight is 299 g/mol. The topological polar surface area (TPSA) is 86.6 Å². The van der Waals surface area contributed by atoms with Crippen molar-refractivity contribution in [3.8, 4) is 0 Å². The third-order valence-electron chi connectivity index (χ3n) is 2.22. The predicted molar refractivity (Wildman–Crippen MR) is 61.3 cm³/mol. The molecule has 0 spiro atoms. The highest BCUT2D eigenvalue weighted by atomic mass is 32.2. The summed E-state index contributed by atoms with van der Waals surface area (Å²) in [5.74, 6) is 0. The standard InChI is InChI=1S/C10H12F3NO4S/c11-10(12,13)19(17,18)9-3-1-7(2-4-9)14-5-8(16)6-15/h1-4,8,14-16H,5-6H2. The van der Waals surface area contributed by atoms with Crippen molar-refractivity contribution in [2.45, 2.75) is 16.5 Å². The number of hydrogen-bond donors (Lipinski definition) is 3. The van der Waals surface area contributed by atoms with Gasteiger partial charge < -0.3 is 15.5 Å². The Morgan fingerprint density at radius 2 is 1.74 bits per heavy atom. The fourth-order valence-corrected chi connectivity index (χ4v) is 1.95. The number of alkyl halides is 3. The zero-order valence-electron chi connectivity index (χ0n) is 9.55. The van der Waals surface area contributed by atoms with Gasteiger partial charge >= 0.3 is 5.51 Å². The molecule has 5 nitrogen and oxygen atoms in total. The van der Waals surface area contributed by atoms with Gasteiger partial charge in [0.15, 0.2) is 0 Å². The number of rotatable bonds is 5. The van der Waals surface area contributed by atoms with Crippen molar-refractivity contribution >= 4 is 15.5 Å². The summed E-state index contributed by atoms with van der Waals surface area (Å²) in [6, 6.07) is 3.92. The Morgan fingerprint density at radius 3 is 2.16 bits per heavy atom. The second kappa shape index (κ2) is 5.76. The summed E-state index contributed by atoms with van der Waals surface area (Å²) in [6.07, 6.45) is -1.02. The normalized spacial score (nSPS) is 14.2. The molecule has 0 saturated carbocycles. The van der Waals surface area contributed by atoms with E-state index in [1.807, 2.05) is 0 Å². The number of hydrogen-bond acceptors (Lipinski definition) is 5. The molecule has 0 heterocycles. The molecule has 1 rings (SSSR count). The lowest BCUT2D eigenvalue weighted by Gasteiger charge is -2.11. The number of benzene rings is 1. The Balaban J connectivity index is 2.83. The van der Waals surface area contributed by atoms with E-state index in [9.17, 15) is 21.6 Å². The van der Waals surface area contributed by atoms with Crippen LogP contribution in [0.2, 0.25) is 0 Å². The molecule has 0 amide bonds. The Morgan fingerprint density at radius 1 is 1.21 bits per heavy atom. The second-order valence-corrected chi connectivity index (χ2v) is 5.63. The summed E-state index contributed by atoms with van der Waals surface area (Å²) in [6.45, 7) is -0.477. The predicted octanol–water partition coefficient (Wildman–Crippen LogP) is 0.745. The molecule has 0 aliphatic carbocycles. The van der Waals surface area contributed by atoms with Crippen molar-refractivity contribution in [2.24, 2.45) is 0 Å². The van der Waals surface area contributed by atoms with Gasteiger partial charge in [-0.15, -0.1) is 0 Å². The molecule has 1 atom stereocenters. The van der Waals surface area contributed by atoms with E-state index in [4.69, 9.17) is 10.2 Å². The van der Waals surface area contributed by atoms with Crippen LogP contribution in [0.1, 0.15) is 0 Å².